The van der Waals surface area contributed by atoms with Crippen molar-refractivity contribution in [3.8, 4) is 0 Å². The molecule has 1 aliphatic heterocycles. The van der Waals surface area contributed by atoms with Crippen LogP contribution in [0.5, 0.6) is 0 Å². The number of sulfonamides is 1. The van der Waals surface area contributed by atoms with Crippen LogP contribution in [0.15, 0.2) is 0 Å². The number of amides is 1. The van der Waals surface area contributed by atoms with E-state index >= 15 is 0 Å². The molecule has 0 spiro atoms. The maximum atomic E-state index is 12.0. The van der Waals surface area contributed by atoms with Crippen molar-refractivity contribution in [3.05, 3.63) is 0 Å². The molecular weight excluding hydrogens is 254 g/mol. The molecule has 1 saturated carbocycles. The van der Waals surface area contributed by atoms with Gasteiger partial charge in [0.2, 0.25) is 15.9 Å². The van der Waals surface area contributed by atoms with Crippen molar-refractivity contribution in [3.63, 3.8) is 0 Å². The number of carbonyl (C=O) groups excluding carboxylic acids is 1. The number of hydrogen-bond donors (Lipinski definition) is 2. The molecule has 7 heteroatoms. The van der Waals surface area contributed by atoms with Gasteiger partial charge >= 0.3 is 0 Å². The Kier molecular flexibility index (Phi) is 4.24. The molecule has 1 heterocycles. The lowest BCUT2D eigenvalue weighted by Gasteiger charge is -2.17. The first-order valence-corrected chi connectivity index (χ1v) is 8.34. The normalized spacial score (nSPS) is 24.8. The summed E-state index contributed by atoms with van der Waals surface area (Å²) in [5, 5.41) is 3.34. The lowest BCUT2D eigenvalue weighted by Crippen LogP contribution is -2.40. The van der Waals surface area contributed by atoms with Gasteiger partial charge in [0.05, 0.1) is 12.3 Å². The molecule has 1 amide bonds. The number of nitrogens with zero attached hydrogens (tertiary/aromatic N) is 1. The Morgan fingerprint density at radius 3 is 2.67 bits per heavy atom. The fraction of sp³-hybridized carbons (Fsp3) is 0.909. The SMILES string of the molecule is CS(=O)(=O)NCCCN1CCC(NC2CC2)C1=O. The molecule has 0 radical (unpaired) electrons. The molecule has 1 saturated heterocycles. The molecule has 2 fully saturated rings. The average Bonchev–Trinajstić information content (AvgIpc) is 3.01. The zero-order chi connectivity index (χ0) is 13.2. The number of likely N-dealkylation sites (tertiary alicyclic amines) is 1. The third-order valence-corrected chi connectivity index (χ3v) is 4.01. The van der Waals surface area contributed by atoms with E-state index in [-0.39, 0.29) is 11.9 Å². The third kappa shape index (κ3) is 4.22. The largest absolute Gasteiger partial charge is 0.341 e. The number of carbonyl (C=O) groups is 1. The predicted octanol–water partition coefficient (Wildman–Crippen LogP) is -0.721. The fourth-order valence-electron chi connectivity index (χ4n) is 2.18. The Hall–Kier alpha value is -0.660. The zero-order valence-electron chi connectivity index (χ0n) is 10.7. The van der Waals surface area contributed by atoms with Crippen LogP contribution < -0.4 is 10.0 Å². The van der Waals surface area contributed by atoms with Crippen molar-refractivity contribution < 1.29 is 13.2 Å². The van der Waals surface area contributed by atoms with Crippen molar-refractivity contribution in [1.82, 2.24) is 14.9 Å². The summed E-state index contributed by atoms with van der Waals surface area (Å²) in [4.78, 5) is 13.8. The highest BCUT2D eigenvalue weighted by atomic mass is 32.2. The second-order valence-corrected chi connectivity index (χ2v) is 6.96. The van der Waals surface area contributed by atoms with Crippen LogP contribution >= 0.6 is 0 Å². The first-order chi connectivity index (χ1) is 8.46. The highest BCUT2D eigenvalue weighted by Gasteiger charge is 2.35. The monoisotopic (exact) mass is 275 g/mol. The zero-order valence-corrected chi connectivity index (χ0v) is 11.5. The third-order valence-electron chi connectivity index (χ3n) is 3.28. The molecule has 0 aromatic rings. The molecule has 104 valence electrons. The van der Waals surface area contributed by atoms with Crippen LogP contribution in [0.4, 0.5) is 0 Å². The minimum Gasteiger partial charge on any atom is -0.341 e. The first-order valence-electron chi connectivity index (χ1n) is 6.45. The van der Waals surface area contributed by atoms with Gasteiger partial charge in [-0.3, -0.25) is 4.79 Å². The van der Waals surface area contributed by atoms with Gasteiger partial charge in [-0.25, -0.2) is 13.1 Å². The second-order valence-electron chi connectivity index (χ2n) is 5.13. The van der Waals surface area contributed by atoms with Crippen LogP contribution in [0.25, 0.3) is 0 Å². The summed E-state index contributed by atoms with van der Waals surface area (Å²) in [5.74, 6) is 0.168. The van der Waals surface area contributed by atoms with Crippen LogP contribution in [0.1, 0.15) is 25.7 Å². The van der Waals surface area contributed by atoms with Crippen molar-refractivity contribution >= 4 is 15.9 Å². The summed E-state index contributed by atoms with van der Waals surface area (Å²) in [6.45, 7) is 1.80. The van der Waals surface area contributed by atoms with Crippen molar-refractivity contribution in [2.75, 3.05) is 25.9 Å². The molecule has 18 heavy (non-hydrogen) atoms. The van der Waals surface area contributed by atoms with E-state index < -0.39 is 10.0 Å². The highest BCUT2D eigenvalue weighted by Crippen LogP contribution is 2.22. The minimum absolute atomic E-state index is 0.0135. The smallest absolute Gasteiger partial charge is 0.239 e. The molecule has 1 unspecified atom stereocenters. The fourth-order valence-corrected chi connectivity index (χ4v) is 2.69. The molecule has 6 nitrogen and oxygen atoms in total. The van der Waals surface area contributed by atoms with E-state index in [0.717, 1.165) is 19.2 Å². The van der Waals surface area contributed by atoms with Crippen molar-refractivity contribution in [2.24, 2.45) is 0 Å². The molecule has 0 aromatic carbocycles. The van der Waals surface area contributed by atoms with E-state index in [4.69, 9.17) is 0 Å². The van der Waals surface area contributed by atoms with Gasteiger partial charge in [0, 0.05) is 25.7 Å². The quantitative estimate of drug-likeness (QED) is 0.601. The van der Waals surface area contributed by atoms with Gasteiger partial charge in [-0.2, -0.15) is 0 Å². The highest BCUT2D eigenvalue weighted by molar-refractivity contribution is 7.88. The summed E-state index contributed by atoms with van der Waals surface area (Å²) in [6, 6.07) is 0.533. The van der Waals surface area contributed by atoms with Gasteiger partial charge in [0.1, 0.15) is 0 Å². The molecule has 1 atom stereocenters. The lowest BCUT2D eigenvalue weighted by molar-refractivity contribution is -0.129. The van der Waals surface area contributed by atoms with Crippen LogP contribution in [0, 0.1) is 0 Å². The molecular formula is C11H21N3O3S. The lowest BCUT2D eigenvalue weighted by atomic mass is 10.2. The van der Waals surface area contributed by atoms with Crippen LogP contribution in [-0.4, -0.2) is 57.2 Å². The maximum Gasteiger partial charge on any atom is 0.239 e. The predicted molar refractivity (Wildman–Crippen MR) is 68.6 cm³/mol. The number of nitrogens with one attached hydrogen (secondary N) is 2. The molecule has 2 N–H and O–H groups in total. The van der Waals surface area contributed by atoms with E-state index in [0.29, 0.717) is 25.6 Å². The summed E-state index contributed by atoms with van der Waals surface area (Å²) < 4.78 is 24.2. The van der Waals surface area contributed by atoms with Gasteiger partial charge in [-0.1, -0.05) is 0 Å². The maximum absolute atomic E-state index is 12.0. The Morgan fingerprint density at radius 2 is 2.06 bits per heavy atom. The molecule has 2 rings (SSSR count). The molecule has 0 bridgehead atoms. The van der Waals surface area contributed by atoms with E-state index in [1.54, 1.807) is 0 Å². The summed E-state index contributed by atoms with van der Waals surface area (Å²) in [7, 11) is -3.12. The van der Waals surface area contributed by atoms with Gasteiger partial charge in [-0.15, -0.1) is 0 Å². The molecule has 1 aliphatic carbocycles. The summed E-state index contributed by atoms with van der Waals surface area (Å²) >= 11 is 0. The van der Waals surface area contributed by atoms with E-state index in [1.165, 1.54) is 12.8 Å². The van der Waals surface area contributed by atoms with E-state index in [9.17, 15) is 13.2 Å². The van der Waals surface area contributed by atoms with Crippen LogP contribution in [-0.2, 0) is 14.8 Å². The Balaban J connectivity index is 1.66. The number of rotatable bonds is 7. The van der Waals surface area contributed by atoms with E-state index in [1.807, 2.05) is 4.90 Å². The average molecular weight is 275 g/mol. The van der Waals surface area contributed by atoms with Crippen molar-refractivity contribution in [2.45, 2.75) is 37.8 Å². The molecule has 2 aliphatic rings. The Bertz CT molecular complexity index is 406. The van der Waals surface area contributed by atoms with Crippen LogP contribution in [0.3, 0.4) is 0 Å². The van der Waals surface area contributed by atoms with Crippen LogP contribution in [0.2, 0.25) is 0 Å². The number of hydrogen-bond acceptors (Lipinski definition) is 4. The van der Waals surface area contributed by atoms with Gasteiger partial charge in [0.25, 0.3) is 0 Å². The van der Waals surface area contributed by atoms with Gasteiger partial charge in [-0.05, 0) is 25.7 Å². The summed E-state index contributed by atoms with van der Waals surface area (Å²) in [6.07, 6.45) is 5.04. The Labute approximate surface area is 108 Å². The Morgan fingerprint density at radius 1 is 1.33 bits per heavy atom. The topological polar surface area (TPSA) is 78.5 Å². The van der Waals surface area contributed by atoms with Crippen molar-refractivity contribution in [1.29, 1.82) is 0 Å². The molecule has 0 aromatic heterocycles. The minimum atomic E-state index is -3.12. The standard InChI is InChI=1S/C11H21N3O3S/c1-18(16,17)12-6-2-7-14-8-5-10(11(14)15)13-9-3-4-9/h9-10,12-13H,2-8H2,1H3. The second kappa shape index (κ2) is 5.54. The first kappa shape index (κ1) is 13.8. The summed E-state index contributed by atoms with van der Waals surface area (Å²) in [5.41, 5.74) is 0. The van der Waals surface area contributed by atoms with E-state index in [2.05, 4.69) is 10.0 Å². The van der Waals surface area contributed by atoms with Gasteiger partial charge in [0.15, 0.2) is 0 Å². The van der Waals surface area contributed by atoms with Gasteiger partial charge < -0.3 is 10.2 Å².